The van der Waals surface area contributed by atoms with E-state index in [4.69, 9.17) is 9.84 Å². The number of fused-ring (bicyclic) bond motifs is 1. The number of aryl methyl sites for hydroxylation is 3. The van der Waals surface area contributed by atoms with Crippen molar-refractivity contribution in [2.45, 2.75) is 40.5 Å². The summed E-state index contributed by atoms with van der Waals surface area (Å²) in [5, 5.41) is 4.72. The van der Waals surface area contributed by atoms with E-state index in [1.54, 1.807) is 13.0 Å². The smallest absolute Gasteiger partial charge is 0.357 e. The summed E-state index contributed by atoms with van der Waals surface area (Å²) in [7, 11) is 0. The van der Waals surface area contributed by atoms with Gasteiger partial charge in [0.25, 0.3) is 0 Å². The SMILES string of the molecule is CCCc1cc(C(=O)OCC)nc2c(-c3c(C)cccc3Br)c(C)nn12. The van der Waals surface area contributed by atoms with Crippen molar-refractivity contribution in [3.05, 3.63) is 51.4 Å². The van der Waals surface area contributed by atoms with Crippen LogP contribution in [0.5, 0.6) is 0 Å². The lowest BCUT2D eigenvalue weighted by Crippen LogP contribution is -2.11. The van der Waals surface area contributed by atoms with Crippen LogP contribution >= 0.6 is 15.9 Å². The van der Waals surface area contributed by atoms with Gasteiger partial charge in [-0.3, -0.25) is 0 Å². The predicted molar refractivity (Wildman–Crippen MR) is 106 cm³/mol. The number of esters is 1. The van der Waals surface area contributed by atoms with Gasteiger partial charge in [-0.05, 0) is 44.9 Å². The van der Waals surface area contributed by atoms with E-state index in [0.29, 0.717) is 17.9 Å². The zero-order valence-corrected chi connectivity index (χ0v) is 17.1. The van der Waals surface area contributed by atoms with Crippen molar-refractivity contribution in [2.75, 3.05) is 6.61 Å². The number of hydrogen-bond donors (Lipinski definition) is 0. The highest BCUT2D eigenvalue weighted by Gasteiger charge is 2.21. The Bertz CT molecular complexity index is 959. The molecule has 6 heteroatoms. The van der Waals surface area contributed by atoms with Crippen LogP contribution in [-0.2, 0) is 11.2 Å². The van der Waals surface area contributed by atoms with Crippen LogP contribution in [0.2, 0.25) is 0 Å². The summed E-state index contributed by atoms with van der Waals surface area (Å²) in [5.74, 6) is -0.402. The number of rotatable bonds is 5. The normalized spacial score (nSPS) is 11.1. The zero-order chi connectivity index (χ0) is 18.8. The maximum Gasteiger partial charge on any atom is 0.357 e. The van der Waals surface area contributed by atoms with Crippen LogP contribution in [0.4, 0.5) is 0 Å². The second-order valence-electron chi connectivity index (χ2n) is 6.23. The zero-order valence-electron chi connectivity index (χ0n) is 15.5. The van der Waals surface area contributed by atoms with Crippen molar-refractivity contribution in [1.29, 1.82) is 0 Å². The molecule has 0 amide bonds. The van der Waals surface area contributed by atoms with Gasteiger partial charge >= 0.3 is 5.97 Å². The molecule has 0 aliphatic carbocycles. The number of carbonyl (C=O) groups is 1. The van der Waals surface area contributed by atoms with Gasteiger partial charge in [0.1, 0.15) is 0 Å². The predicted octanol–water partition coefficient (Wildman–Crippen LogP) is 4.90. The third-order valence-corrected chi connectivity index (χ3v) is 4.96. The van der Waals surface area contributed by atoms with Crippen LogP contribution < -0.4 is 0 Å². The lowest BCUT2D eigenvalue weighted by atomic mass is 10.0. The lowest BCUT2D eigenvalue weighted by Gasteiger charge is -2.10. The molecule has 0 spiro atoms. The summed E-state index contributed by atoms with van der Waals surface area (Å²) < 4.78 is 8.01. The molecule has 1 aromatic carbocycles. The Morgan fingerprint density at radius 3 is 2.65 bits per heavy atom. The Morgan fingerprint density at radius 2 is 2.00 bits per heavy atom. The van der Waals surface area contributed by atoms with Gasteiger partial charge in [-0.1, -0.05) is 41.4 Å². The Labute approximate surface area is 161 Å². The van der Waals surface area contributed by atoms with E-state index >= 15 is 0 Å². The van der Waals surface area contributed by atoms with E-state index in [-0.39, 0.29) is 0 Å². The number of ether oxygens (including phenoxy) is 1. The Kier molecular flexibility index (Phi) is 5.41. The highest BCUT2D eigenvalue weighted by atomic mass is 79.9. The summed E-state index contributed by atoms with van der Waals surface area (Å²) in [4.78, 5) is 16.9. The van der Waals surface area contributed by atoms with Gasteiger partial charge in [0.15, 0.2) is 11.3 Å². The fraction of sp³-hybridized carbons (Fsp3) is 0.350. The monoisotopic (exact) mass is 415 g/mol. The van der Waals surface area contributed by atoms with E-state index in [9.17, 15) is 4.79 Å². The molecule has 2 heterocycles. The molecular formula is C20H22BrN3O2. The van der Waals surface area contributed by atoms with Gasteiger partial charge < -0.3 is 4.74 Å². The molecule has 2 aromatic heterocycles. The third-order valence-electron chi connectivity index (χ3n) is 4.30. The second-order valence-corrected chi connectivity index (χ2v) is 7.09. The van der Waals surface area contributed by atoms with E-state index in [1.165, 1.54) is 0 Å². The maximum absolute atomic E-state index is 12.3. The number of aromatic nitrogens is 3. The molecule has 0 saturated carbocycles. The Balaban J connectivity index is 2.34. The molecule has 3 aromatic rings. The van der Waals surface area contributed by atoms with Gasteiger partial charge in [0, 0.05) is 15.7 Å². The number of nitrogens with zero attached hydrogens (tertiary/aromatic N) is 3. The van der Waals surface area contributed by atoms with Crippen molar-refractivity contribution in [1.82, 2.24) is 14.6 Å². The van der Waals surface area contributed by atoms with Gasteiger partial charge in [-0.2, -0.15) is 5.10 Å². The molecule has 136 valence electrons. The number of halogens is 1. The minimum atomic E-state index is -0.402. The first kappa shape index (κ1) is 18.6. The van der Waals surface area contributed by atoms with Gasteiger partial charge in [0.2, 0.25) is 0 Å². The third kappa shape index (κ3) is 3.26. The molecule has 0 aliphatic rings. The van der Waals surface area contributed by atoms with Crippen molar-refractivity contribution in [2.24, 2.45) is 0 Å². The van der Waals surface area contributed by atoms with Crippen LogP contribution in [0.3, 0.4) is 0 Å². The molecule has 0 radical (unpaired) electrons. The molecule has 0 fully saturated rings. The standard InChI is InChI=1S/C20H22BrN3O2/c1-5-8-14-11-16(20(25)26-6-2)22-19-18(13(4)23-24(14)19)17-12(3)9-7-10-15(17)21/h7,9-11H,5-6,8H2,1-4H3. The second kappa shape index (κ2) is 7.58. The molecule has 5 nitrogen and oxygen atoms in total. The molecular weight excluding hydrogens is 394 g/mol. The number of benzene rings is 1. The lowest BCUT2D eigenvalue weighted by molar-refractivity contribution is 0.0519. The maximum atomic E-state index is 12.3. The molecule has 0 N–H and O–H groups in total. The minimum Gasteiger partial charge on any atom is -0.461 e. The molecule has 0 bridgehead atoms. The molecule has 0 unspecified atom stereocenters. The summed E-state index contributed by atoms with van der Waals surface area (Å²) in [6, 6.07) is 7.86. The van der Waals surface area contributed by atoms with Crippen molar-refractivity contribution < 1.29 is 9.53 Å². The van der Waals surface area contributed by atoms with Crippen molar-refractivity contribution >= 4 is 27.5 Å². The fourth-order valence-corrected chi connectivity index (χ4v) is 3.83. The van der Waals surface area contributed by atoms with Gasteiger partial charge in [-0.15, -0.1) is 0 Å². The minimum absolute atomic E-state index is 0.323. The fourth-order valence-electron chi connectivity index (χ4n) is 3.17. The number of carbonyl (C=O) groups excluding carboxylic acids is 1. The van der Waals surface area contributed by atoms with Crippen LogP contribution in [0.25, 0.3) is 16.8 Å². The first-order chi connectivity index (χ1) is 12.5. The first-order valence-corrected chi connectivity index (χ1v) is 9.59. The number of hydrogen-bond acceptors (Lipinski definition) is 4. The van der Waals surface area contributed by atoms with E-state index < -0.39 is 5.97 Å². The van der Waals surface area contributed by atoms with E-state index in [1.807, 2.05) is 23.6 Å². The van der Waals surface area contributed by atoms with Crippen LogP contribution in [0, 0.1) is 13.8 Å². The first-order valence-electron chi connectivity index (χ1n) is 8.79. The molecule has 0 saturated heterocycles. The average Bonchev–Trinajstić information content (AvgIpc) is 2.92. The summed E-state index contributed by atoms with van der Waals surface area (Å²) in [6.45, 7) is 8.25. The van der Waals surface area contributed by atoms with Crippen LogP contribution in [0.15, 0.2) is 28.7 Å². The quantitative estimate of drug-likeness (QED) is 0.555. The van der Waals surface area contributed by atoms with Crippen molar-refractivity contribution in [3.63, 3.8) is 0 Å². The molecule has 3 rings (SSSR count). The Morgan fingerprint density at radius 1 is 1.23 bits per heavy atom. The largest absolute Gasteiger partial charge is 0.461 e. The summed E-state index contributed by atoms with van der Waals surface area (Å²) in [5.41, 5.74) is 5.97. The molecule has 26 heavy (non-hydrogen) atoms. The molecule has 0 atom stereocenters. The van der Waals surface area contributed by atoms with Gasteiger partial charge in [0.05, 0.1) is 17.9 Å². The van der Waals surface area contributed by atoms with Gasteiger partial charge in [-0.25, -0.2) is 14.3 Å². The topological polar surface area (TPSA) is 56.5 Å². The van der Waals surface area contributed by atoms with Crippen LogP contribution in [-0.4, -0.2) is 27.2 Å². The highest BCUT2D eigenvalue weighted by molar-refractivity contribution is 9.10. The van der Waals surface area contributed by atoms with Crippen molar-refractivity contribution in [3.8, 4) is 11.1 Å². The van der Waals surface area contributed by atoms with E-state index in [2.05, 4.69) is 40.8 Å². The summed E-state index contributed by atoms with van der Waals surface area (Å²) >= 11 is 3.65. The average molecular weight is 416 g/mol. The van der Waals surface area contributed by atoms with Crippen LogP contribution in [0.1, 0.15) is 47.7 Å². The molecule has 0 aliphatic heterocycles. The van der Waals surface area contributed by atoms with E-state index in [0.717, 1.165) is 45.4 Å². The Hall–Kier alpha value is -2.21. The summed E-state index contributed by atoms with van der Waals surface area (Å²) in [6.07, 6.45) is 1.75. The highest BCUT2D eigenvalue weighted by Crippen LogP contribution is 2.36.